The molecule has 1 aliphatic rings. The van der Waals surface area contributed by atoms with Gasteiger partial charge in [-0.25, -0.2) is 4.98 Å². The Labute approximate surface area is 125 Å². The lowest BCUT2D eigenvalue weighted by Gasteiger charge is -2.27. The van der Waals surface area contributed by atoms with Crippen molar-refractivity contribution < 1.29 is 0 Å². The number of para-hydroxylation sites is 1. The predicted octanol–water partition coefficient (Wildman–Crippen LogP) is 4.16. The maximum Gasteiger partial charge on any atom is 0.224 e. The average Bonchev–Trinajstić information content (AvgIpc) is 2.87. The van der Waals surface area contributed by atoms with Crippen LogP contribution in [0, 0.1) is 11.3 Å². The minimum Gasteiger partial charge on any atom is -0.356 e. The highest BCUT2D eigenvalue weighted by molar-refractivity contribution is 6.28. The molecule has 20 heavy (non-hydrogen) atoms. The Kier molecular flexibility index (Phi) is 3.33. The van der Waals surface area contributed by atoms with E-state index in [0.717, 1.165) is 29.8 Å². The lowest BCUT2D eigenvalue weighted by atomic mass is 9.80. The third-order valence-electron chi connectivity index (χ3n) is 4.27. The molecule has 2 aromatic rings. The van der Waals surface area contributed by atoms with Gasteiger partial charge in [-0.15, -0.1) is 0 Å². The van der Waals surface area contributed by atoms with Crippen LogP contribution in [-0.4, -0.2) is 23.1 Å². The molecule has 0 bridgehead atoms. The number of halogens is 1. The first kappa shape index (κ1) is 13.6. The number of nitrogens with zero attached hydrogens (tertiary/aromatic N) is 3. The number of benzene rings is 1. The third kappa shape index (κ3) is 2.47. The van der Waals surface area contributed by atoms with Crippen molar-refractivity contribution in [2.45, 2.75) is 27.2 Å². The molecule has 0 radical (unpaired) electrons. The highest BCUT2D eigenvalue weighted by atomic mass is 35.5. The van der Waals surface area contributed by atoms with Crippen molar-refractivity contribution in [3.8, 4) is 0 Å². The predicted molar refractivity (Wildman–Crippen MR) is 84.3 cm³/mol. The maximum atomic E-state index is 6.08. The monoisotopic (exact) mass is 289 g/mol. The standard InChI is InChI=1S/C16H20ClN3/c1-16(2,3)11-8-9-20(10-11)14-12-6-4-5-7-13(12)18-15(17)19-14/h4-7,11H,8-10H2,1-3H3. The fourth-order valence-electron chi connectivity index (χ4n) is 2.93. The molecular weight excluding hydrogens is 270 g/mol. The van der Waals surface area contributed by atoms with Crippen LogP contribution >= 0.6 is 11.6 Å². The molecule has 2 heterocycles. The van der Waals surface area contributed by atoms with E-state index in [2.05, 4.69) is 41.7 Å². The molecule has 0 N–H and O–H groups in total. The zero-order valence-corrected chi connectivity index (χ0v) is 13.0. The second-order valence-corrected chi connectivity index (χ2v) is 6.97. The summed E-state index contributed by atoms with van der Waals surface area (Å²) in [5.74, 6) is 1.67. The lowest BCUT2D eigenvalue weighted by Crippen LogP contribution is -2.26. The number of hydrogen-bond donors (Lipinski definition) is 0. The number of aromatic nitrogens is 2. The Morgan fingerprint density at radius 3 is 2.65 bits per heavy atom. The smallest absolute Gasteiger partial charge is 0.224 e. The van der Waals surface area contributed by atoms with Gasteiger partial charge in [-0.1, -0.05) is 32.9 Å². The normalized spacial score (nSPS) is 19.8. The number of hydrogen-bond acceptors (Lipinski definition) is 3. The summed E-state index contributed by atoms with van der Waals surface area (Å²) in [7, 11) is 0. The van der Waals surface area contributed by atoms with Gasteiger partial charge in [0.2, 0.25) is 5.28 Å². The lowest BCUT2D eigenvalue weighted by molar-refractivity contribution is 0.263. The van der Waals surface area contributed by atoms with Gasteiger partial charge in [0.25, 0.3) is 0 Å². The van der Waals surface area contributed by atoms with Crippen LogP contribution in [0.1, 0.15) is 27.2 Å². The number of rotatable bonds is 1. The minimum absolute atomic E-state index is 0.331. The van der Waals surface area contributed by atoms with Crippen molar-refractivity contribution >= 4 is 28.3 Å². The van der Waals surface area contributed by atoms with Crippen LogP contribution in [0.4, 0.5) is 5.82 Å². The Morgan fingerprint density at radius 2 is 1.95 bits per heavy atom. The molecule has 1 unspecified atom stereocenters. The molecule has 0 amide bonds. The van der Waals surface area contributed by atoms with Gasteiger partial charge in [0, 0.05) is 18.5 Å². The van der Waals surface area contributed by atoms with Gasteiger partial charge in [-0.3, -0.25) is 0 Å². The van der Waals surface area contributed by atoms with Gasteiger partial charge in [-0.05, 0) is 41.5 Å². The molecule has 0 aliphatic carbocycles. The van der Waals surface area contributed by atoms with Crippen LogP contribution in [0.25, 0.3) is 10.9 Å². The summed E-state index contributed by atoms with van der Waals surface area (Å²) in [6.07, 6.45) is 1.21. The van der Waals surface area contributed by atoms with E-state index in [0.29, 0.717) is 16.6 Å². The van der Waals surface area contributed by atoms with Crippen LogP contribution in [-0.2, 0) is 0 Å². The summed E-state index contributed by atoms with van der Waals surface area (Å²) in [4.78, 5) is 11.1. The SMILES string of the molecule is CC(C)(C)C1CCN(c2nc(Cl)nc3ccccc23)C1. The van der Waals surface area contributed by atoms with Crippen molar-refractivity contribution in [3.05, 3.63) is 29.5 Å². The summed E-state index contributed by atoms with van der Waals surface area (Å²) in [5, 5.41) is 1.42. The summed E-state index contributed by atoms with van der Waals surface area (Å²) >= 11 is 6.08. The molecule has 0 spiro atoms. The molecule has 106 valence electrons. The fraction of sp³-hybridized carbons (Fsp3) is 0.500. The van der Waals surface area contributed by atoms with E-state index in [9.17, 15) is 0 Å². The molecule has 3 rings (SSSR count). The summed E-state index contributed by atoms with van der Waals surface area (Å²) in [6, 6.07) is 8.08. The Morgan fingerprint density at radius 1 is 1.20 bits per heavy atom. The number of anilines is 1. The van der Waals surface area contributed by atoms with E-state index in [-0.39, 0.29) is 0 Å². The van der Waals surface area contributed by atoms with Crippen molar-refractivity contribution in [1.82, 2.24) is 9.97 Å². The maximum absolute atomic E-state index is 6.08. The van der Waals surface area contributed by atoms with Crippen LogP contribution in [0.2, 0.25) is 5.28 Å². The molecule has 1 aliphatic heterocycles. The largest absolute Gasteiger partial charge is 0.356 e. The molecule has 4 heteroatoms. The van der Waals surface area contributed by atoms with E-state index in [4.69, 9.17) is 11.6 Å². The molecule has 1 atom stereocenters. The first-order valence-corrected chi connectivity index (χ1v) is 7.50. The summed E-state index contributed by atoms with van der Waals surface area (Å²) in [6.45, 7) is 9.02. The van der Waals surface area contributed by atoms with Crippen molar-refractivity contribution in [2.75, 3.05) is 18.0 Å². The summed E-state index contributed by atoms with van der Waals surface area (Å²) in [5.41, 5.74) is 1.25. The highest BCUT2D eigenvalue weighted by Crippen LogP contribution is 2.37. The average molecular weight is 290 g/mol. The quantitative estimate of drug-likeness (QED) is 0.738. The van der Waals surface area contributed by atoms with Gasteiger partial charge in [0.1, 0.15) is 5.82 Å². The topological polar surface area (TPSA) is 29.0 Å². The van der Waals surface area contributed by atoms with Gasteiger partial charge in [0.15, 0.2) is 0 Å². The highest BCUT2D eigenvalue weighted by Gasteiger charge is 2.33. The Hall–Kier alpha value is -1.35. The van der Waals surface area contributed by atoms with Gasteiger partial charge in [-0.2, -0.15) is 4.98 Å². The Balaban J connectivity index is 1.99. The third-order valence-corrected chi connectivity index (χ3v) is 4.44. The fourth-order valence-corrected chi connectivity index (χ4v) is 3.10. The van der Waals surface area contributed by atoms with Crippen LogP contribution < -0.4 is 4.90 Å². The molecule has 1 aromatic carbocycles. The first-order chi connectivity index (χ1) is 9.45. The van der Waals surface area contributed by atoms with Gasteiger partial charge >= 0.3 is 0 Å². The van der Waals surface area contributed by atoms with Crippen molar-refractivity contribution in [1.29, 1.82) is 0 Å². The second kappa shape index (κ2) is 4.88. The number of fused-ring (bicyclic) bond motifs is 1. The molecule has 1 fully saturated rings. The zero-order chi connectivity index (χ0) is 14.3. The Bertz CT molecular complexity index is 633. The van der Waals surface area contributed by atoms with E-state index in [1.54, 1.807) is 0 Å². The van der Waals surface area contributed by atoms with E-state index >= 15 is 0 Å². The molecule has 3 nitrogen and oxygen atoms in total. The molecular formula is C16H20ClN3. The summed E-state index contributed by atoms with van der Waals surface area (Å²) < 4.78 is 0. The van der Waals surface area contributed by atoms with Crippen molar-refractivity contribution in [2.24, 2.45) is 11.3 Å². The van der Waals surface area contributed by atoms with Crippen LogP contribution in [0.5, 0.6) is 0 Å². The minimum atomic E-state index is 0.331. The van der Waals surface area contributed by atoms with E-state index in [1.165, 1.54) is 6.42 Å². The molecule has 1 saturated heterocycles. The molecule has 0 saturated carbocycles. The van der Waals surface area contributed by atoms with E-state index in [1.807, 2.05) is 18.2 Å². The van der Waals surface area contributed by atoms with Crippen LogP contribution in [0.3, 0.4) is 0 Å². The van der Waals surface area contributed by atoms with Gasteiger partial charge < -0.3 is 4.90 Å². The van der Waals surface area contributed by atoms with Crippen LogP contribution in [0.15, 0.2) is 24.3 Å². The second-order valence-electron chi connectivity index (χ2n) is 6.63. The molecule has 1 aromatic heterocycles. The van der Waals surface area contributed by atoms with E-state index < -0.39 is 0 Å². The van der Waals surface area contributed by atoms with Gasteiger partial charge in [0.05, 0.1) is 5.52 Å². The first-order valence-electron chi connectivity index (χ1n) is 7.12. The zero-order valence-electron chi connectivity index (χ0n) is 12.2. The van der Waals surface area contributed by atoms with Crippen molar-refractivity contribution in [3.63, 3.8) is 0 Å².